The van der Waals surface area contributed by atoms with Crippen molar-refractivity contribution in [3.05, 3.63) is 23.7 Å². The third-order valence-electron chi connectivity index (χ3n) is 4.54. The molecule has 0 spiro atoms. The third kappa shape index (κ3) is 2.53. The Hall–Kier alpha value is -2.11. The van der Waals surface area contributed by atoms with E-state index in [4.69, 9.17) is 0 Å². The van der Waals surface area contributed by atoms with E-state index in [-0.39, 0.29) is 11.9 Å². The van der Waals surface area contributed by atoms with Gasteiger partial charge in [-0.3, -0.25) is 9.20 Å². The number of nitrogens with one attached hydrogen (secondary N) is 1. The first-order valence-corrected chi connectivity index (χ1v) is 7.81. The number of hydrogen-bond donors (Lipinski definition) is 1. The number of amides is 1. The number of hydrogen-bond acceptors (Lipinski definition) is 4. The summed E-state index contributed by atoms with van der Waals surface area (Å²) in [7, 11) is 3.79. The molecule has 2 aromatic rings. The zero-order chi connectivity index (χ0) is 15.9. The van der Waals surface area contributed by atoms with E-state index in [2.05, 4.69) is 22.2 Å². The molecule has 1 N–H and O–H groups in total. The lowest BCUT2D eigenvalue weighted by atomic mass is 9.80. The highest BCUT2D eigenvalue weighted by atomic mass is 16.1. The Labute approximate surface area is 130 Å². The number of carbonyl (C=O) groups is 1. The molecule has 3 rings (SSSR count). The monoisotopic (exact) mass is 301 g/mol. The standard InChI is InChI=1S/C16H23N5O/c1-10(12-6-5-7-12)17-15(22)13-8-9-21-11(2)18-16(20(3)4)19-14(13)21/h8-10,12H,5-7H2,1-4H3,(H,17,22)/t10-/m0/s1. The van der Waals surface area contributed by atoms with Gasteiger partial charge < -0.3 is 10.2 Å². The quantitative estimate of drug-likeness (QED) is 0.938. The molecule has 1 atom stereocenters. The van der Waals surface area contributed by atoms with E-state index in [0.717, 1.165) is 5.82 Å². The second-order valence-corrected chi connectivity index (χ2v) is 6.34. The molecule has 0 aliphatic heterocycles. The van der Waals surface area contributed by atoms with Crippen LogP contribution in [0.2, 0.25) is 0 Å². The Morgan fingerprint density at radius 1 is 1.41 bits per heavy atom. The Kier molecular flexibility index (Phi) is 3.76. The molecule has 0 saturated heterocycles. The summed E-state index contributed by atoms with van der Waals surface area (Å²) < 4.78 is 1.86. The summed E-state index contributed by atoms with van der Waals surface area (Å²) in [4.78, 5) is 23.4. The fourth-order valence-corrected chi connectivity index (χ4v) is 2.84. The average Bonchev–Trinajstić information content (AvgIpc) is 2.80. The van der Waals surface area contributed by atoms with Crippen LogP contribution in [-0.2, 0) is 0 Å². The zero-order valence-electron chi connectivity index (χ0n) is 13.6. The average molecular weight is 301 g/mol. The van der Waals surface area contributed by atoms with Crippen molar-refractivity contribution in [3.63, 3.8) is 0 Å². The van der Waals surface area contributed by atoms with Gasteiger partial charge in [0.05, 0.1) is 5.56 Å². The molecule has 0 aromatic carbocycles. The van der Waals surface area contributed by atoms with Gasteiger partial charge >= 0.3 is 0 Å². The summed E-state index contributed by atoms with van der Waals surface area (Å²) in [5, 5.41) is 3.12. The Morgan fingerprint density at radius 2 is 2.14 bits per heavy atom. The van der Waals surface area contributed by atoms with Gasteiger partial charge in [-0.1, -0.05) is 6.42 Å². The first-order chi connectivity index (χ1) is 10.5. The van der Waals surface area contributed by atoms with Crippen LogP contribution in [0.15, 0.2) is 12.3 Å². The molecule has 2 aromatic heterocycles. The lowest BCUT2D eigenvalue weighted by Gasteiger charge is -2.31. The number of rotatable bonds is 4. The number of anilines is 1. The van der Waals surface area contributed by atoms with Gasteiger partial charge in [0.2, 0.25) is 5.95 Å². The van der Waals surface area contributed by atoms with Gasteiger partial charge in [0.15, 0.2) is 5.65 Å². The minimum Gasteiger partial charge on any atom is -0.349 e. The van der Waals surface area contributed by atoms with E-state index in [1.165, 1.54) is 19.3 Å². The van der Waals surface area contributed by atoms with Crippen molar-refractivity contribution in [2.75, 3.05) is 19.0 Å². The molecule has 0 radical (unpaired) electrons. The molecule has 1 amide bonds. The van der Waals surface area contributed by atoms with Crippen LogP contribution >= 0.6 is 0 Å². The van der Waals surface area contributed by atoms with Crippen LogP contribution in [0.3, 0.4) is 0 Å². The van der Waals surface area contributed by atoms with E-state index in [9.17, 15) is 4.79 Å². The molecule has 0 unspecified atom stereocenters. The van der Waals surface area contributed by atoms with Crippen molar-refractivity contribution in [3.8, 4) is 0 Å². The molecule has 2 heterocycles. The Morgan fingerprint density at radius 3 is 2.73 bits per heavy atom. The minimum absolute atomic E-state index is 0.0512. The van der Waals surface area contributed by atoms with Gasteiger partial charge in [-0.25, -0.2) is 0 Å². The predicted octanol–water partition coefficient (Wildman–Crippen LogP) is 2.02. The molecular formula is C16H23N5O. The van der Waals surface area contributed by atoms with Gasteiger partial charge in [-0.2, -0.15) is 9.97 Å². The van der Waals surface area contributed by atoms with Crippen LogP contribution in [0.4, 0.5) is 5.95 Å². The van der Waals surface area contributed by atoms with Crippen molar-refractivity contribution in [2.45, 2.75) is 39.2 Å². The molecule has 1 fully saturated rings. The van der Waals surface area contributed by atoms with Crippen LogP contribution in [0, 0.1) is 12.8 Å². The highest BCUT2D eigenvalue weighted by molar-refractivity contribution is 6.00. The number of aryl methyl sites for hydroxylation is 1. The lowest BCUT2D eigenvalue weighted by molar-refractivity contribution is 0.0911. The number of fused-ring (bicyclic) bond motifs is 1. The van der Waals surface area contributed by atoms with E-state index in [1.54, 1.807) is 0 Å². The maximum absolute atomic E-state index is 12.6. The van der Waals surface area contributed by atoms with Crippen molar-refractivity contribution < 1.29 is 4.79 Å². The summed E-state index contributed by atoms with van der Waals surface area (Å²) in [6, 6.07) is 2.03. The molecule has 118 valence electrons. The van der Waals surface area contributed by atoms with Gasteiger partial charge in [0.1, 0.15) is 5.82 Å². The summed E-state index contributed by atoms with van der Waals surface area (Å²) in [6.07, 6.45) is 5.56. The van der Waals surface area contributed by atoms with Crippen molar-refractivity contribution in [1.29, 1.82) is 0 Å². The first kappa shape index (κ1) is 14.8. The van der Waals surface area contributed by atoms with E-state index < -0.39 is 0 Å². The van der Waals surface area contributed by atoms with E-state index in [1.807, 2.05) is 42.6 Å². The highest BCUT2D eigenvalue weighted by Gasteiger charge is 2.26. The Bertz CT molecular complexity index is 702. The first-order valence-electron chi connectivity index (χ1n) is 7.81. The second kappa shape index (κ2) is 5.59. The van der Waals surface area contributed by atoms with Gasteiger partial charge in [-0.05, 0) is 38.7 Å². The fraction of sp³-hybridized carbons (Fsp3) is 0.562. The van der Waals surface area contributed by atoms with Crippen LogP contribution < -0.4 is 10.2 Å². The smallest absolute Gasteiger partial charge is 0.255 e. The summed E-state index contributed by atoms with van der Waals surface area (Å²) >= 11 is 0. The predicted molar refractivity (Wildman–Crippen MR) is 86.3 cm³/mol. The zero-order valence-corrected chi connectivity index (χ0v) is 13.6. The topological polar surface area (TPSA) is 62.5 Å². The van der Waals surface area contributed by atoms with E-state index >= 15 is 0 Å². The second-order valence-electron chi connectivity index (χ2n) is 6.34. The lowest BCUT2D eigenvalue weighted by Crippen LogP contribution is -2.40. The molecule has 6 nitrogen and oxygen atoms in total. The number of aromatic nitrogens is 3. The van der Waals surface area contributed by atoms with Crippen molar-refractivity contribution >= 4 is 17.5 Å². The van der Waals surface area contributed by atoms with Crippen LogP contribution in [0.5, 0.6) is 0 Å². The largest absolute Gasteiger partial charge is 0.349 e. The highest BCUT2D eigenvalue weighted by Crippen LogP contribution is 2.29. The van der Waals surface area contributed by atoms with Crippen LogP contribution in [0.25, 0.3) is 5.65 Å². The number of carbonyl (C=O) groups excluding carboxylic acids is 1. The Balaban J connectivity index is 1.91. The number of nitrogens with zero attached hydrogens (tertiary/aromatic N) is 4. The van der Waals surface area contributed by atoms with Crippen molar-refractivity contribution in [1.82, 2.24) is 19.7 Å². The molecule has 0 bridgehead atoms. The summed E-state index contributed by atoms with van der Waals surface area (Å²) in [5.41, 5.74) is 1.27. The van der Waals surface area contributed by atoms with Gasteiger partial charge in [-0.15, -0.1) is 0 Å². The molecule has 1 saturated carbocycles. The third-order valence-corrected chi connectivity index (χ3v) is 4.54. The van der Waals surface area contributed by atoms with E-state index in [0.29, 0.717) is 23.1 Å². The van der Waals surface area contributed by atoms with Crippen LogP contribution in [-0.4, -0.2) is 40.4 Å². The summed E-state index contributed by atoms with van der Waals surface area (Å²) in [6.45, 7) is 4.01. The fourth-order valence-electron chi connectivity index (χ4n) is 2.84. The normalized spacial score (nSPS) is 16.4. The SMILES string of the molecule is Cc1nc(N(C)C)nc2c(C(=O)N[C@@H](C)C3CCC3)ccn12. The molecule has 6 heteroatoms. The van der Waals surface area contributed by atoms with Gasteiger partial charge in [0.25, 0.3) is 5.91 Å². The molecular weight excluding hydrogens is 278 g/mol. The maximum atomic E-state index is 12.6. The van der Waals surface area contributed by atoms with Crippen molar-refractivity contribution in [2.24, 2.45) is 5.92 Å². The molecule has 22 heavy (non-hydrogen) atoms. The summed E-state index contributed by atoms with van der Waals surface area (Å²) in [5.74, 6) is 2.00. The molecule has 1 aliphatic carbocycles. The van der Waals surface area contributed by atoms with Gasteiger partial charge in [0, 0.05) is 26.3 Å². The minimum atomic E-state index is -0.0512. The maximum Gasteiger partial charge on any atom is 0.255 e. The molecule has 1 aliphatic rings. The van der Waals surface area contributed by atoms with Crippen LogP contribution in [0.1, 0.15) is 42.4 Å².